The third-order valence-corrected chi connectivity index (χ3v) is 5.49. The van der Waals surface area contributed by atoms with E-state index in [2.05, 4.69) is 4.98 Å². The number of aryl methyl sites for hydroxylation is 2. The molecule has 0 aliphatic carbocycles. The second-order valence-electron chi connectivity index (χ2n) is 6.70. The number of nitro groups is 1. The SMILES string of the molecule is Cc1cc(C)c2nc(N(Cc3ccccc3)C(=O)c3ccc([N+](=O)[O-])o3)sc2c1. The number of hydrogen-bond donors (Lipinski definition) is 0. The average Bonchev–Trinajstić information content (AvgIpc) is 3.34. The standard InChI is InChI=1S/C21H17N3O4S/c1-13-10-14(2)19-17(11-13)29-21(22-19)23(12-15-6-4-3-5-7-15)20(25)16-8-9-18(28-16)24(26)27/h3-11H,12H2,1-2H3. The van der Waals surface area contributed by atoms with Crippen molar-refractivity contribution in [3.63, 3.8) is 0 Å². The molecule has 0 bridgehead atoms. The van der Waals surface area contributed by atoms with Gasteiger partial charge < -0.3 is 4.42 Å². The molecular formula is C21H17N3O4S. The van der Waals surface area contributed by atoms with Crippen molar-refractivity contribution < 1.29 is 14.1 Å². The summed E-state index contributed by atoms with van der Waals surface area (Å²) in [5, 5.41) is 11.4. The number of amides is 1. The first kappa shape index (κ1) is 18.8. The summed E-state index contributed by atoms with van der Waals surface area (Å²) >= 11 is 1.41. The lowest BCUT2D eigenvalue weighted by Gasteiger charge is -2.18. The summed E-state index contributed by atoms with van der Waals surface area (Å²) in [4.78, 5) is 29.6. The molecule has 2 aromatic heterocycles. The second kappa shape index (κ2) is 7.48. The van der Waals surface area contributed by atoms with E-state index < -0.39 is 16.7 Å². The minimum Gasteiger partial charge on any atom is -0.395 e. The molecule has 0 aliphatic heterocycles. The molecule has 0 saturated heterocycles. The molecule has 1 amide bonds. The highest BCUT2D eigenvalue weighted by Crippen LogP contribution is 2.33. The monoisotopic (exact) mass is 407 g/mol. The molecule has 4 rings (SSSR count). The van der Waals surface area contributed by atoms with E-state index in [1.165, 1.54) is 28.4 Å². The molecule has 7 nitrogen and oxygen atoms in total. The van der Waals surface area contributed by atoms with Crippen molar-refractivity contribution in [2.45, 2.75) is 20.4 Å². The molecule has 0 aliphatic rings. The van der Waals surface area contributed by atoms with Gasteiger partial charge >= 0.3 is 5.88 Å². The molecule has 0 spiro atoms. The highest BCUT2D eigenvalue weighted by Gasteiger charge is 2.26. The smallest absolute Gasteiger partial charge is 0.395 e. The Morgan fingerprint density at radius 1 is 1.17 bits per heavy atom. The van der Waals surface area contributed by atoms with Gasteiger partial charge in [0.25, 0.3) is 5.91 Å². The van der Waals surface area contributed by atoms with E-state index in [4.69, 9.17) is 4.42 Å². The maximum absolute atomic E-state index is 13.2. The Kier molecular flexibility index (Phi) is 4.85. The Bertz CT molecular complexity index is 1210. The number of benzene rings is 2. The van der Waals surface area contributed by atoms with Crippen LogP contribution in [0.2, 0.25) is 0 Å². The number of fused-ring (bicyclic) bond motifs is 1. The van der Waals surface area contributed by atoms with Gasteiger partial charge in [-0.15, -0.1) is 0 Å². The molecule has 0 radical (unpaired) electrons. The molecule has 0 atom stereocenters. The Labute approximate surface area is 170 Å². The van der Waals surface area contributed by atoms with Crippen molar-refractivity contribution in [1.29, 1.82) is 0 Å². The first-order valence-electron chi connectivity index (χ1n) is 8.90. The fraction of sp³-hybridized carbons (Fsp3) is 0.143. The minimum absolute atomic E-state index is 0.0974. The number of anilines is 1. The molecule has 2 heterocycles. The Hall–Kier alpha value is -3.52. The number of rotatable bonds is 5. The summed E-state index contributed by atoms with van der Waals surface area (Å²) in [6.45, 7) is 4.27. The molecule has 4 aromatic rings. The summed E-state index contributed by atoms with van der Waals surface area (Å²) in [6, 6.07) is 16.1. The number of carbonyl (C=O) groups is 1. The quantitative estimate of drug-likeness (QED) is 0.332. The lowest BCUT2D eigenvalue weighted by molar-refractivity contribution is -0.402. The first-order valence-corrected chi connectivity index (χ1v) is 9.72. The molecule has 2 aromatic carbocycles. The Morgan fingerprint density at radius 2 is 1.93 bits per heavy atom. The van der Waals surface area contributed by atoms with Gasteiger partial charge in [0.2, 0.25) is 0 Å². The van der Waals surface area contributed by atoms with Crippen molar-refractivity contribution in [3.05, 3.63) is 87.2 Å². The normalized spacial score (nSPS) is 11.0. The van der Waals surface area contributed by atoms with Gasteiger partial charge in [-0.3, -0.25) is 19.8 Å². The number of furan rings is 1. The molecule has 8 heteroatoms. The Morgan fingerprint density at radius 3 is 2.62 bits per heavy atom. The summed E-state index contributed by atoms with van der Waals surface area (Å²) in [6.07, 6.45) is 0. The zero-order valence-electron chi connectivity index (χ0n) is 15.8. The maximum Gasteiger partial charge on any atom is 0.433 e. The number of hydrogen-bond acceptors (Lipinski definition) is 6. The van der Waals surface area contributed by atoms with Gasteiger partial charge in [0.15, 0.2) is 10.9 Å². The van der Waals surface area contributed by atoms with Crippen LogP contribution in [0.3, 0.4) is 0 Å². The fourth-order valence-corrected chi connectivity index (χ4v) is 4.28. The van der Waals surface area contributed by atoms with Crippen molar-refractivity contribution in [3.8, 4) is 0 Å². The van der Waals surface area contributed by atoms with Crippen molar-refractivity contribution in [1.82, 2.24) is 4.98 Å². The predicted octanol–water partition coefficient (Wildman–Crippen LogP) is 5.26. The predicted molar refractivity (Wildman–Crippen MR) is 111 cm³/mol. The van der Waals surface area contributed by atoms with Crippen molar-refractivity contribution in [2.75, 3.05) is 4.90 Å². The van der Waals surface area contributed by atoms with Crippen LogP contribution < -0.4 is 4.90 Å². The van der Waals surface area contributed by atoms with Crippen LogP contribution >= 0.6 is 11.3 Å². The lowest BCUT2D eigenvalue weighted by atomic mass is 10.1. The number of carbonyl (C=O) groups excluding carboxylic acids is 1. The molecule has 0 N–H and O–H groups in total. The fourth-order valence-electron chi connectivity index (χ4n) is 3.14. The van der Waals surface area contributed by atoms with E-state index in [-0.39, 0.29) is 12.3 Å². The van der Waals surface area contributed by atoms with Crippen LogP contribution in [0, 0.1) is 24.0 Å². The van der Waals surface area contributed by atoms with Crippen molar-refractivity contribution in [2.24, 2.45) is 0 Å². The van der Waals surface area contributed by atoms with Crippen LogP contribution in [0.25, 0.3) is 10.2 Å². The summed E-state index contributed by atoms with van der Waals surface area (Å²) in [5.74, 6) is -1.04. The number of aromatic nitrogens is 1. The van der Waals surface area contributed by atoms with E-state index in [0.29, 0.717) is 5.13 Å². The van der Waals surface area contributed by atoms with Gasteiger partial charge in [-0.1, -0.05) is 47.7 Å². The second-order valence-corrected chi connectivity index (χ2v) is 7.71. The first-order chi connectivity index (χ1) is 13.9. The van der Waals surface area contributed by atoms with E-state index in [9.17, 15) is 14.9 Å². The Balaban J connectivity index is 1.78. The zero-order chi connectivity index (χ0) is 20.5. The molecule has 29 heavy (non-hydrogen) atoms. The van der Waals surface area contributed by atoms with E-state index in [1.54, 1.807) is 0 Å². The van der Waals surface area contributed by atoms with E-state index in [0.717, 1.165) is 26.9 Å². The van der Waals surface area contributed by atoms with Crippen LogP contribution in [0.1, 0.15) is 27.2 Å². The molecule has 146 valence electrons. The zero-order valence-corrected chi connectivity index (χ0v) is 16.6. The molecule has 0 saturated carbocycles. The van der Waals surface area contributed by atoms with Crippen LogP contribution in [0.5, 0.6) is 0 Å². The molecule has 0 fully saturated rings. The summed E-state index contributed by atoms with van der Waals surface area (Å²) in [5.41, 5.74) is 3.90. The van der Waals surface area contributed by atoms with Crippen LogP contribution in [0.15, 0.2) is 59.0 Å². The highest BCUT2D eigenvalue weighted by molar-refractivity contribution is 7.22. The van der Waals surface area contributed by atoms with Gasteiger partial charge in [-0.25, -0.2) is 4.98 Å². The maximum atomic E-state index is 13.2. The topological polar surface area (TPSA) is 89.5 Å². The molecule has 0 unspecified atom stereocenters. The minimum atomic E-state index is -0.665. The van der Waals surface area contributed by atoms with Gasteiger partial charge in [-0.05, 0) is 42.7 Å². The summed E-state index contributed by atoms with van der Waals surface area (Å²) < 4.78 is 6.13. The third-order valence-electron chi connectivity index (χ3n) is 4.46. The van der Waals surface area contributed by atoms with Gasteiger partial charge in [0, 0.05) is 0 Å². The summed E-state index contributed by atoms with van der Waals surface area (Å²) in [7, 11) is 0. The van der Waals surface area contributed by atoms with Crippen LogP contribution in [-0.2, 0) is 6.54 Å². The van der Waals surface area contributed by atoms with Gasteiger partial charge in [-0.2, -0.15) is 0 Å². The highest BCUT2D eigenvalue weighted by atomic mass is 32.1. The largest absolute Gasteiger partial charge is 0.433 e. The number of thiazole rings is 1. The van der Waals surface area contributed by atoms with Crippen LogP contribution in [-0.4, -0.2) is 15.8 Å². The van der Waals surface area contributed by atoms with Gasteiger partial charge in [0.1, 0.15) is 4.92 Å². The van der Waals surface area contributed by atoms with E-state index >= 15 is 0 Å². The average molecular weight is 407 g/mol. The lowest BCUT2D eigenvalue weighted by Crippen LogP contribution is -2.30. The van der Waals surface area contributed by atoms with Crippen molar-refractivity contribution >= 4 is 38.5 Å². The van der Waals surface area contributed by atoms with E-state index in [1.807, 2.05) is 56.3 Å². The van der Waals surface area contributed by atoms with Gasteiger partial charge in [0.05, 0.1) is 22.8 Å². The number of nitrogens with zero attached hydrogens (tertiary/aromatic N) is 3. The molecular weight excluding hydrogens is 390 g/mol. The third kappa shape index (κ3) is 3.74. The van der Waals surface area contributed by atoms with Crippen LogP contribution in [0.4, 0.5) is 11.0 Å².